The number of aryl methyl sites for hydroxylation is 1. The van der Waals surface area contributed by atoms with E-state index in [1.54, 1.807) is 12.4 Å². The Balaban J connectivity index is 2.21. The van der Waals surface area contributed by atoms with Crippen molar-refractivity contribution < 1.29 is 4.52 Å². The van der Waals surface area contributed by atoms with E-state index in [2.05, 4.69) is 26.1 Å². The number of aromatic nitrogens is 2. The van der Waals surface area contributed by atoms with Crippen molar-refractivity contribution in [2.45, 2.75) is 6.92 Å². The van der Waals surface area contributed by atoms with Crippen LogP contribution in [0.15, 0.2) is 51.7 Å². The molecule has 5 heteroatoms. The number of halogens is 1. The third kappa shape index (κ3) is 2.20. The molecule has 0 atom stereocenters. The average Bonchev–Trinajstić information content (AvgIpc) is 2.81. The molecule has 2 aromatic heterocycles. The Morgan fingerprint density at radius 2 is 2.10 bits per heavy atom. The maximum absolute atomic E-state index is 5.92. The zero-order valence-corrected chi connectivity index (χ0v) is 12.4. The Hall–Kier alpha value is -2.14. The van der Waals surface area contributed by atoms with Gasteiger partial charge >= 0.3 is 0 Å². The number of pyridine rings is 1. The van der Waals surface area contributed by atoms with Crippen LogP contribution in [-0.4, -0.2) is 10.1 Å². The summed E-state index contributed by atoms with van der Waals surface area (Å²) in [6, 6.07) is 9.80. The summed E-state index contributed by atoms with van der Waals surface area (Å²) < 4.78 is 6.20. The molecule has 0 saturated heterocycles. The molecule has 4 nitrogen and oxygen atoms in total. The summed E-state index contributed by atoms with van der Waals surface area (Å²) in [6.45, 7) is 2.03. The summed E-state index contributed by atoms with van der Waals surface area (Å²) in [5, 5.41) is 4.11. The first-order valence-corrected chi connectivity index (χ1v) is 6.88. The van der Waals surface area contributed by atoms with Gasteiger partial charge in [-0.15, -0.1) is 0 Å². The molecule has 1 aromatic carbocycles. The molecular weight excluding hydrogens is 318 g/mol. The van der Waals surface area contributed by atoms with Gasteiger partial charge in [0, 0.05) is 28.0 Å². The molecule has 100 valence electrons. The molecule has 0 amide bonds. The smallest absolute Gasteiger partial charge is 0.230 e. The van der Waals surface area contributed by atoms with Crippen LogP contribution in [0, 0.1) is 6.92 Å². The highest BCUT2D eigenvalue weighted by atomic mass is 79.9. The zero-order chi connectivity index (χ0) is 14.1. The fraction of sp³-hybridized carbons (Fsp3) is 0.0667. The first-order valence-electron chi connectivity index (χ1n) is 6.09. The minimum atomic E-state index is 0.301. The van der Waals surface area contributed by atoms with E-state index < -0.39 is 0 Å². The number of hydrogen-bond acceptors (Lipinski definition) is 4. The molecule has 0 saturated carbocycles. The summed E-state index contributed by atoms with van der Waals surface area (Å²) in [6.07, 6.45) is 3.47. The number of nitrogens with two attached hydrogens (primary N) is 1. The lowest BCUT2D eigenvalue weighted by molar-refractivity contribution is 0.439. The van der Waals surface area contributed by atoms with Crippen molar-refractivity contribution in [1.29, 1.82) is 0 Å². The predicted octanol–water partition coefficient (Wildman–Crippen LogP) is 4.06. The van der Waals surface area contributed by atoms with Gasteiger partial charge in [-0.2, -0.15) is 0 Å². The topological polar surface area (TPSA) is 64.9 Å². The summed E-state index contributed by atoms with van der Waals surface area (Å²) >= 11 is 3.46. The lowest BCUT2D eigenvalue weighted by atomic mass is 9.99. The Morgan fingerprint density at radius 1 is 1.25 bits per heavy atom. The van der Waals surface area contributed by atoms with Crippen molar-refractivity contribution in [2.75, 3.05) is 5.73 Å². The molecule has 3 rings (SSSR count). The average molecular weight is 330 g/mol. The van der Waals surface area contributed by atoms with E-state index in [9.17, 15) is 0 Å². The van der Waals surface area contributed by atoms with Gasteiger partial charge in [-0.25, -0.2) is 0 Å². The Labute approximate surface area is 124 Å². The number of benzene rings is 1. The van der Waals surface area contributed by atoms with E-state index >= 15 is 0 Å². The minimum absolute atomic E-state index is 0.301. The lowest BCUT2D eigenvalue weighted by Crippen LogP contribution is -1.90. The van der Waals surface area contributed by atoms with Gasteiger partial charge in [0.2, 0.25) is 5.88 Å². The number of nitrogens with zero attached hydrogens (tertiary/aromatic N) is 2. The molecule has 0 radical (unpaired) electrons. The van der Waals surface area contributed by atoms with Crippen LogP contribution in [0.25, 0.3) is 22.4 Å². The summed E-state index contributed by atoms with van der Waals surface area (Å²) in [5.41, 5.74) is 10.4. The second-order valence-electron chi connectivity index (χ2n) is 4.47. The first kappa shape index (κ1) is 12.9. The van der Waals surface area contributed by atoms with Crippen LogP contribution in [0.1, 0.15) is 5.56 Å². The molecule has 0 aliphatic rings. The molecule has 0 unspecified atom stereocenters. The normalized spacial score (nSPS) is 10.7. The van der Waals surface area contributed by atoms with Gasteiger partial charge in [0.1, 0.15) is 5.69 Å². The van der Waals surface area contributed by atoms with Gasteiger partial charge in [0.25, 0.3) is 0 Å². The number of rotatable bonds is 2. The van der Waals surface area contributed by atoms with Gasteiger partial charge in [0.05, 0.1) is 5.56 Å². The highest BCUT2D eigenvalue weighted by Gasteiger charge is 2.18. The largest absolute Gasteiger partial charge is 0.367 e. The highest BCUT2D eigenvalue weighted by Crippen LogP contribution is 2.37. The molecule has 2 heterocycles. The minimum Gasteiger partial charge on any atom is -0.367 e. The second kappa shape index (κ2) is 5.09. The van der Waals surface area contributed by atoms with Crippen LogP contribution >= 0.6 is 15.9 Å². The molecule has 0 fully saturated rings. The summed E-state index contributed by atoms with van der Waals surface area (Å²) in [7, 11) is 0. The van der Waals surface area contributed by atoms with Crippen LogP contribution in [0.3, 0.4) is 0 Å². The Bertz CT molecular complexity index is 753. The molecule has 3 aromatic rings. The number of nitrogen functional groups attached to an aromatic ring is 1. The number of hydrogen-bond donors (Lipinski definition) is 1. The maximum Gasteiger partial charge on any atom is 0.230 e. The van der Waals surface area contributed by atoms with E-state index in [-0.39, 0.29) is 0 Å². The molecule has 0 bridgehead atoms. The van der Waals surface area contributed by atoms with E-state index in [0.717, 1.165) is 32.4 Å². The summed E-state index contributed by atoms with van der Waals surface area (Å²) in [5.74, 6) is 0.301. The number of anilines is 1. The molecular formula is C15H12BrN3O. The van der Waals surface area contributed by atoms with Crippen LogP contribution in [0.5, 0.6) is 0 Å². The SMILES string of the molecule is Cc1cc(Br)ccc1-c1noc(N)c1-c1cccnc1. The van der Waals surface area contributed by atoms with Gasteiger partial charge < -0.3 is 10.3 Å². The van der Waals surface area contributed by atoms with Crippen LogP contribution in [-0.2, 0) is 0 Å². The molecule has 2 N–H and O–H groups in total. The maximum atomic E-state index is 5.92. The zero-order valence-electron chi connectivity index (χ0n) is 10.8. The van der Waals surface area contributed by atoms with E-state index in [1.165, 1.54) is 0 Å². The van der Waals surface area contributed by atoms with E-state index in [1.807, 2.05) is 37.3 Å². The Morgan fingerprint density at radius 3 is 2.80 bits per heavy atom. The molecule has 0 aliphatic carbocycles. The van der Waals surface area contributed by atoms with Gasteiger partial charge in [-0.05, 0) is 30.7 Å². The van der Waals surface area contributed by atoms with E-state index in [0.29, 0.717) is 5.88 Å². The monoisotopic (exact) mass is 329 g/mol. The molecule has 0 spiro atoms. The van der Waals surface area contributed by atoms with Crippen LogP contribution in [0.4, 0.5) is 5.88 Å². The van der Waals surface area contributed by atoms with Crippen LogP contribution in [0.2, 0.25) is 0 Å². The lowest BCUT2D eigenvalue weighted by Gasteiger charge is -2.06. The third-order valence-corrected chi connectivity index (χ3v) is 3.61. The molecule has 0 aliphatic heterocycles. The second-order valence-corrected chi connectivity index (χ2v) is 5.39. The first-order chi connectivity index (χ1) is 9.66. The standard InChI is InChI=1S/C15H12BrN3O/c1-9-7-11(16)4-5-12(9)14-13(15(17)20-19-14)10-3-2-6-18-8-10/h2-8H,17H2,1H3. The fourth-order valence-electron chi connectivity index (χ4n) is 2.17. The molecule has 20 heavy (non-hydrogen) atoms. The van der Waals surface area contributed by atoms with Crippen molar-refractivity contribution in [3.8, 4) is 22.4 Å². The van der Waals surface area contributed by atoms with Crippen LogP contribution < -0.4 is 5.73 Å². The van der Waals surface area contributed by atoms with Gasteiger partial charge in [-0.3, -0.25) is 4.98 Å². The Kier molecular flexibility index (Phi) is 3.28. The van der Waals surface area contributed by atoms with Crippen molar-refractivity contribution in [3.63, 3.8) is 0 Å². The van der Waals surface area contributed by atoms with Crippen molar-refractivity contribution >= 4 is 21.8 Å². The quantitative estimate of drug-likeness (QED) is 0.770. The van der Waals surface area contributed by atoms with Gasteiger partial charge in [0.15, 0.2) is 0 Å². The fourth-order valence-corrected chi connectivity index (χ4v) is 2.64. The summed E-state index contributed by atoms with van der Waals surface area (Å²) in [4.78, 5) is 4.12. The van der Waals surface area contributed by atoms with Crippen molar-refractivity contribution in [2.24, 2.45) is 0 Å². The van der Waals surface area contributed by atoms with Crippen molar-refractivity contribution in [1.82, 2.24) is 10.1 Å². The van der Waals surface area contributed by atoms with E-state index in [4.69, 9.17) is 10.3 Å². The highest BCUT2D eigenvalue weighted by molar-refractivity contribution is 9.10. The van der Waals surface area contributed by atoms with Crippen molar-refractivity contribution in [3.05, 3.63) is 52.8 Å². The third-order valence-electron chi connectivity index (χ3n) is 3.11. The predicted molar refractivity (Wildman–Crippen MR) is 82.0 cm³/mol. The van der Waals surface area contributed by atoms with Gasteiger partial charge in [-0.1, -0.05) is 33.2 Å².